The molecule has 122 valence electrons. The first-order valence-electron chi connectivity index (χ1n) is 8.15. The van der Waals surface area contributed by atoms with Gasteiger partial charge in [-0.25, -0.2) is 0 Å². The van der Waals surface area contributed by atoms with E-state index in [0.717, 1.165) is 36.5 Å². The van der Waals surface area contributed by atoms with Crippen molar-refractivity contribution in [3.8, 4) is 5.75 Å². The first-order chi connectivity index (χ1) is 10.8. The van der Waals surface area contributed by atoms with Crippen molar-refractivity contribution in [3.05, 3.63) is 28.2 Å². The predicted octanol–water partition coefficient (Wildman–Crippen LogP) is 2.70. The summed E-state index contributed by atoms with van der Waals surface area (Å²) in [4.78, 5) is 0. The second-order valence-corrected chi connectivity index (χ2v) is 7.03. The average molecular weight is 369 g/mol. The molecule has 0 bridgehead atoms. The summed E-state index contributed by atoms with van der Waals surface area (Å²) in [5.41, 5.74) is 1.25. The van der Waals surface area contributed by atoms with Gasteiger partial charge in [0.05, 0.1) is 20.3 Å². The number of hydrogen-bond acceptors (Lipinski definition) is 4. The van der Waals surface area contributed by atoms with Crippen LogP contribution < -0.4 is 15.4 Å². The Morgan fingerprint density at radius 1 is 1.41 bits per heavy atom. The lowest BCUT2D eigenvalue weighted by Gasteiger charge is -2.33. The molecule has 1 aromatic rings. The SMILES string of the molecule is COc1ccc(Br)c(CNC2CCCC2C2COCCN2)c1. The van der Waals surface area contributed by atoms with Gasteiger partial charge in [-0.15, -0.1) is 0 Å². The predicted molar refractivity (Wildman–Crippen MR) is 91.3 cm³/mol. The number of nitrogens with one attached hydrogen (secondary N) is 2. The molecular weight excluding hydrogens is 344 g/mol. The Labute approximate surface area is 141 Å². The molecule has 1 heterocycles. The van der Waals surface area contributed by atoms with Gasteiger partial charge >= 0.3 is 0 Å². The molecule has 2 fully saturated rings. The maximum atomic E-state index is 5.64. The fourth-order valence-electron chi connectivity index (χ4n) is 3.64. The molecule has 0 radical (unpaired) electrons. The van der Waals surface area contributed by atoms with Crippen molar-refractivity contribution >= 4 is 15.9 Å². The highest BCUT2D eigenvalue weighted by atomic mass is 79.9. The molecular formula is C17H25BrN2O2. The summed E-state index contributed by atoms with van der Waals surface area (Å²) in [6, 6.07) is 7.20. The molecule has 5 heteroatoms. The van der Waals surface area contributed by atoms with E-state index in [9.17, 15) is 0 Å². The average Bonchev–Trinajstić information content (AvgIpc) is 3.03. The van der Waals surface area contributed by atoms with Crippen LogP contribution in [-0.4, -0.2) is 39.0 Å². The van der Waals surface area contributed by atoms with Gasteiger partial charge in [0, 0.05) is 29.6 Å². The Balaban J connectivity index is 1.60. The monoisotopic (exact) mass is 368 g/mol. The maximum absolute atomic E-state index is 5.64. The van der Waals surface area contributed by atoms with Crippen LogP contribution in [0, 0.1) is 5.92 Å². The second-order valence-electron chi connectivity index (χ2n) is 6.18. The van der Waals surface area contributed by atoms with E-state index in [-0.39, 0.29) is 0 Å². The maximum Gasteiger partial charge on any atom is 0.119 e. The van der Waals surface area contributed by atoms with Crippen molar-refractivity contribution in [1.82, 2.24) is 10.6 Å². The fourth-order valence-corrected chi connectivity index (χ4v) is 4.03. The van der Waals surface area contributed by atoms with E-state index < -0.39 is 0 Å². The van der Waals surface area contributed by atoms with E-state index in [1.165, 1.54) is 24.8 Å². The fraction of sp³-hybridized carbons (Fsp3) is 0.647. The number of ether oxygens (including phenoxy) is 2. The van der Waals surface area contributed by atoms with Gasteiger partial charge in [-0.3, -0.25) is 0 Å². The third-order valence-electron chi connectivity index (χ3n) is 4.84. The van der Waals surface area contributed by atoms with Crippen LogP contribution in [-0.2, 0) is 11.3 Å². The van der Waals surface area contributed by atoms with Crippen LogP contribution in [0.1, 0.15) is 24.8 Å². The standard InChI is InChI=1S/C17H25BrN2O2/c1-21-13-5-6-15(18)12(9-13)10-20-16-4-2-3-14(16)17-11-22-8-7-19-17/h5-6,9,14,16-17,19-20H,2-4,7-8,10-11H2,1H3. The van der Waals surface area contributed by atoms with Gasteiger partial charge in [-0.05, 0) is 42.5 Å². The number of morpholine rings is 1. The Bertz CT molecular complexity index is 492. The van der Waals surface area contributed by atoms with Gasteiger partial charge in [0.2, 0.25) is 0 Å². The highest BCUT2D eigenvalue weighted by Gasteiger charge is 2.34. The first kappa shape index (κ1) is 16.2. The molecule has 2 N–H and O–H groups in total. The van der Waals surface area contributed by atoms with Crippen LogP contribution in [0.4, 0.5) is 0 Å². The van der Waals surface area contributed by atoms with Crippen LogP contribution in [0.3, 0.4) is 0 Å². The minimum Gasteiger partial charge on any atom is -0.497 e. The molecule has 0 aromatic heterocycles. The third kappa shape index (κ3) is 3.82. The Hall–Kier alpha value is -0.620. The first-order valence-corrected chi connectivity index (χ1v) is 8.94. The lowest BCUT2D eigenvalue weighted by molar-refractivity contribution is 0.0524. The van der Waals surface area contributed by atoms with Crippen LogP contribution in [0.5, 0.6) is 5.75 Å². The van der Waals surface area contributed by atoms with Gasteiger partial charge in [0.15, 0.2) is 0 Å². The minimum absolute atomic E-state index is 0.502. The van der Waals surface area contributed by atoms with E-state index in [0.29, 0.717) is 18.0 Å². The quantitative estimate of drug-likeness (QED) is 0.838. The molecule has 1 aliphatic carbocycles. The molecule has 3 unspecified atom stereocenters. The number of methoxy groups -OCH3 is 1. The molecule has 1 aromatic carbocycles. The molecule has 2 aliphatic rings. The zero-order valence-electron chi connectivity index (χ0n) is 13.1. The van der Waals surface area contributed by atoms with Crippen molar-refractivity contribution in [2.45, 2.75) is 37.9 Å². The van der Waals surface area contributed by atoms with Crippen LogP contribution >= 0.6 is 15.9 Å². The Morgan fingerprint density at radius 2 is 2.32 bits per heavy atom. The topological polar surface area (TPSA) is 42.5 Å². The van der Waals surface area contributed by atoms with E-state index in [2.05, 4.69) is 38.7 Å². The van der Waals surface area contributed by atoms with Gasteiger partial charge in [0.1, 0.15) is 5.75 Å². The molecule has 0 amide bonds. The molecule has 4 nitrogen and oxygen atoms in total. The lowest BCUT2D eigenvalue weighted by atomic mass is 9.94. The highest BCUT2D eigenvalue weighted by molar-refractivity contribution is 9.10. The summed E-state index contributed by atoms with van der Waals surface area (Å²) in [7, 11) is 1.71. The van der Waals surface area contributed by atoms with E-state index in [1.807, 2.05) is 6.07 Å². The Kier molecular flexibility index (Phi) is 5.74. The summed E-state index contributed by atoms with van der Waals surface area (Å²) in [5.74, 6) is 1.58. The van der Waals surface area contributed by atoms with E-state index in [4.69, 9.17) is 9.47 Å². The highest BCUT2D eigenvalue weighted by Crippen LogP contribution is 2.30. The summed E-state index contributed by atoms with van der Waals surface area (Å²) in [6.07, 6.45) is 3.85. The van der Waals surface area contributed by atoms with Gasteiger partial charge in [-0.1, -0.05) is 22.4 Å². The third-order valence-corrected chi connectivity index (χ3v) is 5.62. The van der Waals surface area contributed by atoms with Crippen molar-refractivity contribution in [2.24, 2.45) is 5.92 Å². The summed E-state index contributed by atoms with van der Waals surface area (Å²) in [5, 5.41) is 7.38. The van der Waals surface area contributed by atoms with Gasteiger partial charge in [0.25, 0.3) is 0 Å². The lowest BCUT2D eigenvalue weighted by Crippen LogP contribution is -2.50. The number of rotatable bonds is 5. The second kappa shape index (κ2) is 7.77. The van der Waals surface area contributed by atoms with Crippen molar-refractivity contribution in [1.29, 1.82) is 0 Å². The zero-order chi connectivity index (χ0) is 15.4. The smallest absolute Gasteiger partial charge is 0.119 e. The number of benzene rings is 1. The van der Waals surface area contributed by atoms with Crippen molar-refractivity contribution < 1.29 is 9.47 Å². The largest absolute Gasteiger partial charge is 0.497 e. The van der Waals surface area contributed by atoms with Crippen molar-refractivity contribution in [2.75, 3.05) is 26.9 Å². The summed E-state index contributed by atoms with van der Waals surface area (Å²) >= 11 is 3.63. The minimum atomic E-state index is 0.502. The number of halogens is 1. The normalized spacial score (nSPS) is 28.7. The summed E-state index contributed by atoms with van der Waals surface area (Å²) in [6.45, 7) is 3.55. The van der Waals surface area contributed by atoms with Crippen LogP contribution in [0.2, 0.25) is 0 Å². The van der Waals surface area contributed by atoms with E-state index >= 15 is 0 Å². The van der Waals surface area contributed by atoms with Crippen LogP contribution in [0.15, 0.2) is 22.7 Å². The number of hydrogen-bond donors (Lipinski definition) is 2. The molecule has 3 atom stereocenters. The van der Waals surface area contributed by atoms with Gasteiger partial charge in [-0.2, -0.15) is 0 Å². The molecule has 0 spiro atoms. The molecule has 22 heavy (non-hydrogen) atoms. The molecule has 1 aliphatic heterocycles. The molecule has 3 rings (SSSR count). The molecule has 1 saturated carbocycles. The van der Waals surface area contributed by atoms with Crippen molar-refractivity contribution in [3.63, 3.8) is 0 Å². The summed E-state index contributed by atoms with van der Waals surface area (Å²) < 4.78 is 12.1. The van der Waals surface area contributed by atoms with E-state index in [1.54, 1.807) is 7.11 Å². The zero-order valence-corrected chi connectivity index (χ0v) is 14.7. The Morgan fingerprint density at radius 3 is 3.09 bits per heavy atom. The molecule has 1 saturated heterocycles. The van der Waals surface area contributed by atoms with Crippen LogP contribution in [0.25, 0.3) is 0 Å². The van der Waals surface area contributed by atoms with Gasteiger partial charge < -0.3 is 20.1 Å².